The van der Waals surface area contributed by atoms with Crippen LogP contribution in [0, 0.1) is 0 Å². The molecule has 132 valence electrons. The summed E-state index contributed by atoms with van der Waals surface area (Å²) in [6.45, 7) is 1.50. The molecule has 24 heavy (non-hydrogen) atoms. The highest BCUT2D eigenvalue weighted by molar-refractivity contribution is 8.00. The van der Waals surface area contributed by atoms with Gasteiger partial charge in [0, 0.05) is 12.3 Å². The van der Waals surface area contributed by atoms with E-state index in [0.717, 1.165) is 32.2 Å². The third kappa shape index (κ3) is 2.26. The highest BCUT2D eigenvalue weighted by atomic mass is 32.2. The van der Waals surface area contributed by atoms with Gasteiger partial charge in [0.2, 0.25) is 17.7 Å². The van der Waals surface area contributed by atoms with E-state index in [1.54, 1.807) is 16.7 Å². The Labute approximate surface area is 145 Å². The Kier molecular flexibility index (Phi) is 3.99. The number of hydrogen-bond acceptors (Lipinski definition) is 5. The van der Waals surface area contributed by atoms with Crippen molar-refractivity contribution in [3.8, 4) is 0 Å². The second kappa shape index (κ2) is 5.91. The Morgan fingerprint density at radius 2 is 2.08 bits per heavy atom. The molecule has 7 nitrogen and oxygen atoms in total. The molecule has 0 saturated carbocycles. The van der Waals surface area contributed by atoms with E-state index in [0.29, 0.717) is 25.1 Å². The van der Waals surface area contributed by atoms with Gasteiger partial charge in [0.25, 0.3) is 0 Å². The summed E-state index contributed by atoms with van der Waals surface area (Å²) < 4.78 is 0. The number of fused-ring (bicyclic) bond motifs is 1. The lowest BCUT2D eigenvalue weighted by Gasteiger charge is -2.47. The Morgan fingerprint density at radius 3 is 2.79 bits per heavy atom. The summed E-state index contributed by atoms with van der Waals surface area (Å²) in [4.78, 5) is 41.6. The number of piperidine rings is 1. The number of carbonyl (C=O) groups excluding carboxylic acids is 3. The molecule has 8 heteroatoms. The molecule has 3 amide bonds. The van der Waals surface area contributed by atoms with E-state index >= 15 is 0 Å². The molecule has 0 radical (unpaired) electrons. The Hall–Kier alpha value is -1.28. The van der Waals surface area contributed by atoms with Crippen molar-refractivity contribution >= 4 is 29.5 Å². The second-order valence-corrected chi connectivity index (χ2v) is 8.44. The van der Waals surface area contributed by atoms with E-state index < -0.39 is 17.5 Å². The maximum absolute atomic E-state index is 13.4. The minimum atomic E-state index is -0.754. The highest BCUT2D eigenvalue weighted by Gasteiger charge is 2.58. The van der Waals surface area contributed by atoms with Crippen LogP contribution in [0.1, 0.15) is 38.5 Å². The lowest BCUT2D eigenvalue weighted by Crippen LogP contribution is -2.66. The first-order chi connectivity index (χ1) is 11.5. The molecule has 4 aliphatic heterocycles. The van der Waals surface area contributed by atoms with Crippen LogP contribution in [0.2, 0.25) is 0 Å². The molecule has 0 aromatic carbocycles. The number of nitrogens with zero attached hydrogens (tertiary/aromatic N) is 2. The zero-order valence-electron chi connectivity index (χ0n) is 13.7. The molecule has 4 atom stereocenters. The van der Waals surface area contributed by atoms with Crippen LogP contribution >= 0.6 is 11.8 Å². The third-order valence-corrected chi connectivity index (χ3v) is 7.33. The summed E-state index contributed by atoms with van der Waals surface area (Å²) in [5, 5.41) is 3.28. The van der Waals surface area contributed by atoms with Crippen molar-refractivity contribution in [2.45, 2.75) is 61.5 Å². The normalized spacial score (nSPS) is 38.8. The Morgan fingerprint density at radius 1 is 1.25 bits per heavy atom. The van der Waals surface area contributed by atoms with Crippen LogP contribution in [0.25, 0.3) is 0 Å². The van der Waals surface area contributed by atoms with E-state index in [1.165, 1.54) is 0 Å². The molecule has 0 aliphatic carbocycles. The smallest absolute Gasteiger partial charge is 0.250 e. The number of rotatable bonds is 2. The van der Waals surface area contributed by atoms with Gasteiger partial charge < -0.3 is 20.9 Å². The van der Waals surface area contributed by atoms with Crippen LogP contribution in [0.5, 0.6) is 0 Å². The summed E-state index contributed by atoms with van der Waals surface area (Å²) in [5.41, 5.74) is 4.76. The molecule has 3 N–H and O–H groups in total. The van der Waals surface area contributed by atoms with Crippen molar-refractivity contribution < 1.29 is 14.4 Å². The van der Waals surface area contributed by atoms with Crippen LogP contribution in [-0.4, -0.2) is 69.4 Å². The maximum atomic E-state index is 13.4. The fourth-order valence-corrected chi connectivity index (χ4v) is 6.17. The molecule has 4 fully saturated rings. The lowest BCUT2D eigenvalue weighted by molar-refractivity contribution is -0.159. The third-order valence-electron chi connectivity index (χ3n) is 5.97. The zero-order valence-corrected chi connectivity index (χ0v) is 14.5. The van der Waals surface area contributed by atoms with Crippen LogP contribution in [-0.2, 0) is 14.4 Å². The van der Waals surface area contributed by atoms with Gasteiger partial charge in [0.15, 0.2) is 0 Å². The average molecular weight is 352 g/mol. The van der Waals surface area contributed by atoms with Gasteiger partial charge in [0.1, 0.15) is 11.6 Å². The molecule has 0 unspecified atom stereocenters. The van der Waals surface area contributed by atoms with E-state index in [-0.39, 0.29) is 23.2 Å². The first-order valence-electron chi connectivity index (χ1n) is 8.83. The first-order valence-corrected chi connectivity index (χ1v) is 9.88. The number of thioether (sulfide) groups is 1. The molecular formula is C16H24N4O3S. The number of hydrogen-bond donors (Lipinski definition) is 2. The van der Waals surface area contributed by atoms with Crippen LogP contribution in [0.3, 0.4) is 0 Å². The van der Waals surface area contributed by atoms with Crippen molar-refractivity contribution in [3.05, 3.63) is 0 Å². The first kappa shape index (κ1) is 16.2. The quantitative estimate of drug-likeness (QED) is 0.708. The van der Waals surface area contributed by atoms with Crippen molar-refractivity contribution in [1.29, 1.82) is 0 Å². The maximum Gasteiger partial charge on any atom is 0.250 e. The number of nitrogens with one attached hydrogen (secondary N) is 1. The average Bonchev–Trinajstić information content (AvgIpc) is 3.29. The van der Waals surface area contributed by atoms with Crippen LogP contribution in [0.4, 0.5) is 0 Å². The van der Waals surface area contributed by atoms with Gasteiger partial charge in [-0.05, 0) is 45.1 Å². The standard InChI is InChI=1S/C16H24N4O3S/c17-13(21)11-9-24-12-4-6-16(15(23)20(11)12)5-2-8-19(16)14(22)10-3-1-7-18-10/h10-12,18H,1-9H2,(H2,17,21)/t10-,11-,12-,16+/m0/s1. The fourth-order valence-electron chi connectivity index (χ4n) is 4.75. The van der Waals surface area contributed by atoms with Crippen molar-refractivity contribution in [2.24, 2.45) is 5.73 Å². The summed E-state index contributed by atoms with van der Waals surface area (Å²) in [6, 6.07) is -0.697. The van der Waals surface area contributed by atoms with Gasteiger partial charge in [-0.25, -0.2) is 0 Å². The minimum absolute atomic E-state index is 0.0304. The molecular weight excluding hydrogens is 328 g/mol. The number of nitrogens with two attached hydrogens (primary N) is 1. The van der Waals surface area contributed by atoms with Gasteiger partial charge >= 0.3 is 0 Å². The largest absolute Gasteiger partial charge is 0.368 e. The number of carbonyl (C=O) groups is 3. The summed E-state index contributed by atoms with van der Waals surface area (Å²) in [7, 11) is 0. The van der Waals surface area contributed by atoms with Crippen molar-refractivity contribution in [2.75, 3.05) is 18.8 Å². The van der Waals surface area contributed by atoms with Crippen molar-refractivity contribution in [3.63, 3.8) is 0 Å². The van der Waals surface area contributed by atoms with Crippen molar-refractivity contribution in [1.82, 2.24) is 15.1 Å². The predicted molar refractivity (Wildman–Crippen MR) is 90.0 cm³/mol. The van der Waals surface area contributed by atoms with Gasteiger partial charge in [0.05, 0.1) is 11.4 Å². The predicted octanol–water partition coefficient (Wildman–Crippen LogP) is -0.351. The molecule has 1 spiro atoms. The second-order valence-electron chi connectivity index (χ2n) is 7.23. The molecule has 4 saturated heterocycles. The molecule has 4 heterocycles. The van der Waals surface area contributed by atoms with E-state index in [9.17, 15) is 14.4 Å². The Balaban J connectivity index is 1.62. The highest BCUT2D eigenvalue weighted by Crippen LogP contribution is 2.46. The van der Waals surface area contributed by atoms with Gasteiger partial charge in [-0.15, -0.1) is 11.8 Å². The summed E-state index contributed by atoms with van der Waals surface area (Å²) in [5.74, 6) is 0.124. The molecule has 4 rings (SSSR count). The molecule has 4 aliphatic rings. The summed E-state index contributed by atoms with van der Waals surface area (Å²) in [6.07, 6.45) is 4.90. The zero-order chi connectivity index (χ0) is 16.9. The number of amides is 3. The monoisotopic (exact) mass is 352 g/mol. The SMILES string of the molecule is NC(=O)[C@@H]1CS[C@H]2CC[C@]3(CCCN3C(=O)[C@@H]3CCCN3)C(=O)N21. The molecule has 0 aromatic rings. The van der Waals surface area contributed by atoms with Crippen LogP contribution < -0.4 is 11.1 Å². The molecule has 0 bridgehead atoms. The topological polar surface area (TPSA) is 95.7 Å². The minimum Gasteiger partial charge on any atom is -0.368 e. The van der Waals surface area contributed by atoms with E-state index in [1.807, 2.05) is 4.90 Å². The van der Waals surface area contributed by atoms with Crippen LogP contribution in [0.15, 0.2) is 0 Å². The molecule has 0 aromatic heterocycles. The van der Waals surface area contributed by atoms with Gasteiger partial charge in [-0.2, -0.15) is 0 Å². The number of likely N-dealkylation sites (tertiary alicyclic amines) is 1. The van der Waals surface area contributed by atoms with E-state index in [4.69, 9.17) is 5.73 Å². The van der Waals surface area contributed by atoms with E-state index in [2.05, 4.69) is 5.32 Å². The van der Waals surface area contributed by atoms with Gasteiger partial charge in [-0.3, -0.25) is 14.4 Å². The summed E-state index contributed by atoms with van der Waals surface area (Å²) >= 11 is 1.63. The Bertz CT molecular complexity index is 580. The van der Waals surface area contributed by atoms with Gasteiger partial charge in [-0.1, -0.05) is 0 Å². The fraction of sp³-hybridized carbons (Fsp3) is 0.812. The number of primary amides is 1. The lowest BCUT2D eigenvalue weighted by atomic mass is 9.84.